The van der Waals surface area contributed by atoms with Crippen molar-refractivity contribution in [1.82, 2.24) is 0 Å². The van der Waals surface area contributed by atoms with Crippen molar-refractivity contribution in [2.75, 3.05) is 19.5 Å². The molecule has 0 aliphatic rings. The van der Waals surface area contributed by atoms with Crippen LogP contribution in [0.5, 0.6) is 17.2 Å². The Morgan fingerprint density at radius 1 is 0.882 bits per heavy atom. The predicted molar refractivity (Wildman–Crippen MR) is 127 cm³/mol. The number of hydrogen-bond donors (Lipinski definition) is 1. The van der Waals surface area contributed by atoms with Crippen LogP contribution in [0.3, 0.4) is 0 Å². The first-order valence-corrected chi connectivity index (χ1v) is 10.3. The summed E-state index contributed by atoms with van der Waals surface area (Å²) in [6.45, 7) is 1.27. The lowest BCUT2D eigenvalue weighted by Crippen LogP contribution is -2.14. The third-order valence-electron chi connectivity index (χ3n) is 5.04. The minimum absolute atomic E-state index is 0.0125. The summed E-state index contributed by atoms with van der Waals surface area (Å²) in [6.07, 6.45) is 0. The van der Waals surface area contributed by atoms with Gasteiger partial charge in [0, 0.05) is 24.1 Å². The quantitative estimate of drug-likeness (QED) is 0.330. The van der Waals surface area contributed by atoms with E-state index in [2.05, 4.69) is 5.32 Å². The molecule has 0 radical (unpaired) electrons. The van der Waals surface area contributed by atoms with Crippen LogP contribution in [0.25, 0.3) is 22.1 Å². The number of anilines is 1. The fraction of sp³-hybridized carbons (Fsp3) is 0.115. The number of hydrogen-bond acceptors (Lipinski definition) is 7. The molecule has 1 amide bonds. The van der Waals surface area contributed by atoms with Crippen LogP contribution in [0.1, 0.15) is 17.3 Å². The van der Waals surface area contributed by atoms with E-state index < -0.39 is 17.3 Å². The van der Waals surface area contributed by atoms with Crippen molar-refractivity contribution in [2.24, 2.45) is 0 Å². The van der Waals surface area contributed by atoms with Gasteiger partial charge in [0.05, 0.1) is 19.6 Å². The molecule has 0 saturated carbocycles. The number of rotatable bonds is 6. The smallest absolute Gasteiger partial charge is 0.308 e. The maximum atomic E-state index is 12.9. The van der Waals surface area contributed by atoms with Gasteiger partial charge >= 0.3 is 5.97 Å². The molecule has 4 aromatic rings. The predicted octanol–water partition coefficient (Wildman–Crippen LogP) is 4.65. The van der Waals surface area contributed by atoms with Crippen LogP contribution in [0.4, 0.5) is 5.88 Å². The number of amides is 1. The molecule has 0 aliphatic carbocycles. The third kappa shape index (κ3) is 4.75. The highest BCUT2D eigenvalue weighted by atomic mass is 16.5. The lowest BCUT2D eigenvalue weighted by molar-refractivity contribution is -0.131. The monoisotopic (exact) mass is 459 g/mol. The molecule has 0 spiro atoms. The lowest BCUT2D eigenvalue weighted by Gasteiger charge is -2.12. The van der Waals surface area contributed by atoms with E-state index in [1.165, 1.54) is 31.2 Å². The molecular weight excluding hydrogens is 438 g/mol. The number of benzene rings is 3. The van der Waals surface area contributed by atoms with E-state index in [0.717, 1.165) is 5.56 Å². The van der Waals surface area contributed by atoms with Gasteiger partial charge in [-0.3, -0.25) is 19.7 Å². The van der Waals surface area contributed by atoms with Gasteiger partial charge in [-0.15, -0.1) is 0 Å². The Kier molecular flexibility index (Phi) is 6.31. The molecule has 8 nitrogen and oxygen atoms in total. The summed E-state index contributed by atoms with van der Waals surface area (Å²) in [5.74, 6) is 0.509. The van der Waals surface area contributed by atoms with Crippen LogP contribution in [0.2, 0.25) is 0 Å². The number of esters is 1. The molecule has 4 rings (SSSR count). The Morgan fingerprint density at radius 2 is 1.71 bits per heavy atom. The molecule has 1 heterocycles. The fourth-order valence-electron chi connectivity index (χ4n) is 3.48. The summed E-state index contributed by atoms with van der Waals surface area (Å²) in [6, 6.07) is 18.0. The summed E-state index contributed by atoms with van der Waals surface area (Å²) >= 11 is 0. The maximum Gasteiger partial charge on any atom is 0.308 e. The number of nitrogens with one attached hydrogen (secondary N) is 1. The number of ether oxygens (including phenoxy) is 3. The molecule has 0 fully saturated rings. The van der Waals surface area contributed by atoms with Gasteiger partial charge in [0.2, 0.25) is 5.88 Å². The molecule has 1 N–H and O–H groups in total. The molecule has 0 saturated heterocycles. The van der Waals surface area contributed by atoms with E-state index in [9.17, 15) is 14.4 Å². The molecule has 0 aliphatic heterocycles. The lowest BCUT2D eigenvalue weighted by atomic mass is 10.0. The zero-order valence-corrected chi connectivity index (χ0v) is 18.7. The average Bonchev–Trinajstić information content (AvgIpc) is 2.83. The van der Waals surface area contributed by atoms with Gasteiger partial charge in [-0.2, -0.15) is 0 Å². The Balaban J connectivity index is 1.64. The molecule has 8 heteroatoms. The van der Waals surface area contributed by atoms with Gasteiger partial charge < -0.3 is 18.6 Å². The third-order valence-corrected chi connectivity index (χ3v) is 5.04. The molecule has 0 atom stereocenters. The highest BCUT2D eigenvalue weighted by Gasteiger charge is 2.15. The zero-order valence-electron chi connectivity index (χ0n) is 18.7. The van der Waals surface area contributed by atoms with Crippen molar-refractivity contribution in [3.63, 3.8) is 0 Å². The maximum absolute atomic E-state index is 12.9. The van der Waals surface area contributed by atoms with E-state index in [1.54, 1.807) is 32.4 Å². The minimum atomic E-state index is -0.500. The van der Waals surface area contributed by atoms with Gasteiger partial charge in [0.1, 0.15) is 22.8 Å². The second-order valence-corrected chi connectivity index (χ2v) is 7.33. The van der Waals surface area contributed by atoms with E-state index in [4.69, 9.17) is 18.6 Å². The average molecular weight is 459 g/mol. The Bertz CT molecular complexity index is 1460. The van der Waals surface area contributed by atoms with Crippen molar-refractivity contribution >= 4 is 28.7 Å². The highest BCUT2D eigenvalue weighted by molar-refractivity contribution is 6.05. The van der Waals surface area contributed by atoms with E-state index in [1.807, 2.05) is 24.3 Å². The van der Waals surface area contributed by atoms with E-state index in [0.29, 0.717) is 22.6 Å². The summed E-state index contributed by atoms with van der Waals surface area (Å²) < 4.78 is 21.4. The van der Waals surface area contributed by atoms with Gasteiger partial charge in [0.25, 0.3) is 5.91 Å². The van der Waals surface area contributed by atoms with Crippen molar-refractivity contribution in [3.8, 4) is 28.4 Å². The largest absolute Gasteiger partial charge is 0.497 e. The van der Waals surface area contributed by atoms with Crippen molar-refractivity contribution in [3.05, 3.63) is 82.5 Å². The normalized spacial score (nSPS) is 10.6. The fourth-order valence-corrected chi connectivity index (χ4v) is 3.48. The Hall–Kier alpha value is -4.59. The van der Waals surface area contributed by atoms with Gasteiger partial charge in [0.15, 0.2) is 5.43 Å². The molecular formula is C26H21NO7. The number of fused-ring (bicyclic) bond motifs is 1. The van der Waals surface area contributed by atoms with E-state index >= 15 is 0 Å². The first-order valence-electron chi connectivity index (χ1n) is 10.3. The molecule has 3 aromatic carbocycles. The summed E-state index contributed by atoms with van der Waals surface area (Å²) in [4.78, 5) is 36.7. The zero-order chi connectivity index (χ0) is 24.2. The Morgan fingerprint density at radius 3 is 2.44 bits per heavy atom. The van der Waals surface area contributed by atoms with Crippen LogP contribution < -0.4 is 25.0 Å². The topological polar surface area (TPSA) is 104 Å². The van der Waals surface area contributed by atoms with Crippen molar-refractivity contribution in [2.45, 2.75) is 6.92 Å². The van der Waals surface area contributed by atoms with Crippen molar-refractivity contribution in [1.29, 1.82) is 0 Å². The van der Waals surface area contributed by atoms with Gasteiger partial charge in [-0.1, -0.05) is 12.1 Å². The van der Waals surface area contributed by atoms with Crippen LogP contribution in [-0.2, 0) is 4.79 Å². The number of carbonyl (C=O) groups is 2. The summed E-state index contributed by atoms with van der Waals surface area (Å²) in [5.41, 5.74) is 1.70. The molecule has 172 valence electrons. The standard InChI is InChI=1S/C26H21NO7/c1-15(28)33-19-8-10-24-21(13-19)22(29)14-25(34-24)27-26(30)17-7-9-23(32-3)20(12-17)16-5-4-6-18(11-16)31-2/h4-14H,1-3H3,(H,27,30). The van der Waals surface area contributed by atoms with Crippen LogP contribution in [-0.4, -0.2) is 26.1 Å². The minimum Gasteiger partial charge on any atom is -0.497 e. The second kappa shape index (κ2) is 9.50. The molecule has 0 bridgehead atoms. The number of carbonyl (C=O) groups excluding carboxylic acids is 2. The van der Waals surface area contributed by atoms with Crippen LogP contribution >= 0.6 is 0 Å². The summed E-state index contributed by atoms with van der Waals surface area (Å²) in [7, 11) is 3.13. The van der Waals surface area contributed by atoms with E-state index in [-0.39, 0.29) is 22.6 Å². The molecule has 0 unspecified atom stereocenters. The molecule has 1 aromatic heterocycles. The van der Waals surface area contributed by atoms with Crippen molar-refractivity contribution < 1.29 is 28.2 Å². The second-order valence-electron chi connectivity index (χ2n) is 7.33. The van der Waals surface area contributed by atoms with Crippen LogP contribution in [0.15, 0.2) is 75.9 Å². The van der Waals surface area contributed by atoms with Gasteiger partial charge in [-0.25, -0.2) is 0 Å². The molecule has 34 heavy (non-hydrogen) atoms. The SMILES string of the molecule is COc1cccc(-c2cc(C(=O)Nc3cc(=O)c4cc(OC(C)=O)ccc4o3)ccc2OC)c1. The first-order chi connectivity index (χ1) is 16.4. The number of methoxy groups -OCH3 is 2. The Labute approximate surface area is 194 Å². The highest BCUT2D eigenvalue weighted by Crippen LogP contribution is 2.33. The first kappa shape index (κ1) is 22.6. The van der Waals surface area contributed by atoms with Crippen LogP contribution in [0, 0.1) is 0 Å². The van der Waals surface area contributed by atoms with Gasteiger partial charge in [-0.05, 0) is 54.1 Å². The summed E-state index contributed by atoms with van der Waals surface area (Å²) in [5, 5.41) is 2.84.